The van der Waals surface area contributed by atoms with Gasteiger partial charge >= 0.3 is 0 Å². The molecule has 1 aromatic heterocycles. The number of carbonyl (C=O) groups excluding carboxylic acids is 1. The fraction of sp³-hybridized carbons (Fsp3) is 0.125. The summed E-state index contributed by atoms with van der Waals surface area (Å²) in [6.45, 7) is 3.20. The first-order chi connectivity index (χ1) is 15.7. The number of halogens is 3. The summed E-state index contributed by atoms with van der Waals surface area (Å²) in [7, 11) is 0. The van der Waals surface area contributed by atoms with Gasteiger partial charge in [0.15, 0.2) is 12.4 Å². The van der Waals surface area contributed by atoms with Crippen molar-refractivity contribution in [2.75, 3.05) is 11.9 Å². The van der Waals surface area contributed by atoms with Crippen molar-refractivity contribution in [3.05, 3.63) is 92.2 Å². The van der Waals surface area contributed by atoms with Crippen LogP contribution in [0, 0.1) is 19.7 Å². The van der Waals surface area contributed by atoms with Gasteiger partial charge in [-0.15, -0.1) is 0 Å². The van der Waals surface area contributed by atoms with Gasteiger partial charge in [-0.1, -0.05) is 35.3 Å². The number of amides is 1. The number of benzene rings is 3. The predicted molar refractivity (Wildman–Crippen MR) is 127 cm³/mol. The normalized spacial score (nSPS) is 10.9. The third-order valence-electron chi connectivity index (χ3n) is 5.00. The van der Waals surface area contributed by atoms with Gasteiger partial charge in [0.05, 0.1) is 26.6 Å². The molecule has 0 saturated heterocycles. The zero-order chi connectivity index (χ0) is 23.7. The number of hydrogen-bond donors (Lipinski definition) is 1. The van der Waals surface area contributed by atoms with Gasteiger partial charge in [0.1, 0.15) is 11.6 Å². The van der Waals surface area contributed by atoms with Crippen LogP contribution in [0.25, 0.3) is 16.6 Å². The van der Waals surface area contributed by atoms with E-state index in [9.17, 15) is 14.0 Å². The third-order valence-corrected chi connectivity index (χ3v) is 5.56. The van der Waals surface area contributed by atoms with Crippen molar-refractivity contribution in [1.29, 1.82) is 0 Å². The summed E-state index contributed by atoms with van der Waals surface area (Å²) >= 11 is 11.9. The lowest BCUT2D eigenvalue weighted by molar-refractivity contribution is -0.118. The van der Waals surface area contributed by atoms with E-state index in [1.54, 1.807) is 43.3 Å². The molecule has 168 valence electrons. The predicted octanol–water partition coefficient (Wildman–Crippen LogP) is 5.47. The minimum Gasteiger partial charge on any atom is -0.481 e. The first kappa shape index (κ1) is 22.8. The lowest BCUT2D eigenvalue weighted by Crippen LogP contribution is -2.23. The Morgan fingerprint density at radius 1 is 1.09 bits per heavy atom. The quantitative estimate of drug-likeness (QED) is 0.406. The summed E-state index contributed by atoms with van der Waals surface area (Å²) < 4.78 is 20.2. The number of para-hydroxylation sites is 1. The average Bonchev–Trinajstić information content (AvgIpc) is 2.75. The number of ether oxygens (including phenoxy) is 1. The van der Waals surface area contributed by atoms with Crippen LogP contribution in [0.5, 0.6) is 5.75 Å². The van der Waals surface area contributed by atoms with Crippen LogP contribution in [0.4, 0.5) is 10.1 Å². The van der Waals surface area contributed by atoms with Crippen molar-refractivity contribution in [2.45, 2.75) is 13.8 Å². The summed E-state index contributed by atoms with van der Waals surface area (Å²) in [6.07, 6.45) is 0. The van der Waals surface area contributed by atoms with Crippen molar-refractivity contribution in [3.63, 3.8) is 0 Å². The monoisotopic (exact) mass is 485 g/mol. The second-order valence-electron chi connectivity index (χ2n) is 7.35. The zero-order valence-electron chi connectivity index (χ0n) is 17.7. The molecule has 33 heavy (non-hydrogen) atoms. The first-order valence-corrected chi connectivity index (χ1v) is 10.7. The highest BCUT2D eigenvalue weighted by Gasteiger charge is 2.14. The van der Waals surface area contributed by atoms with Crippen molar-refractivity contribution >= 4 is 45.7 Å². The van der Waals surface area contributed by atoms with Crippen LogP contribution in [-0.2, 0) is 4.79 Å². The molecule has 1 amide bonds. The smallest absolute Gasteiger partial charge is 0.265 e. The van der Waals surface area contributed by atoms with Gasteiger partial charge in [0.2, 0.25) is 0 Å². The molecule has 6 nitrogen and oxygen atoms in total. The first-order valence-electron chi connectivity index (χ1n) is 9.91. The van der Waals surface area contributed by atoms with E-state index in [2.05, 4.69) is 10.3 Å². The molecule has 0 fully saturated rings. The van der Waals surface area contributed by atoms with Crippen LogP contribution in [-0.4, -0.2) is 22.1 Å². The Morgan fingerprint density at radius 2 is 1.79 bits per heavy atom. The Bertz CT molecular complexity index is 1430. The highest BCUT2D eigenvalue weighted by molar-refractivity contribution is 6.37. The van der Waals surface area contributed by atoms with Gasteiger partial charge in [0.25, 0.3) is 11.5 Å². The third kappa shape index (κ3) is 4.69. The van der Waals surface area contributed by atoms with E-state index in [1.165, 1.54) is 4.57 Å². The maximum absolute atomic E-state index is 13.3. The molecule has 0 aliphatic rings. The van der Waals surface area contributed by atoms with Crippen LogP contribution in [0.15, 0.2) is 59.4 Å². The number of hydrogen-bond acceptors (Lipinski definition) is 4. The minimum atomic E-state index is -0.603. The topological polar surface area (TPSA) is 73.2 Å². The van der Waals surface area contributed by atoms with Crippen molar-refractivity contribution < 1.29 is 13.9 Å². The van der Waals surface area contributed by atoms with Crippen LogP contribution in [0.2, 0.25) is 10.0 Å². The second-order valence-corrected chi connectivity index (χ2v) is 8.17. The van der Waals surface area contributed by atoms with E-state index >= 15 is 0 Å². The molecular formula is C24H18Cl2FN3O3. The fourth-order valence-corrected chi connectivity index (χ4v) is 4.04. The maximum atomic E-state index is 13.3. The Labute approximate surface area is 198 Å². The molecular weight excluding hydrogens is 468 g/mol. The molecule has 4 rings (SSSR count). The van der Waals surface area contributed by atoms with E-state index in [0.29, 0.717) is 28.1 Å². The van der Waals surface area contributed by atoms with Crippen LogP contribution >= 0.6 is 23.2 Å². The summed E-state index contributed by atoms with van der Waals surface area (Å²) in [6, 6.07) is 14.5. The largest absolute Gasteiger partial charge is 0.481 e. The number of carbonyl (C=O) groups is 1. The highest BCUT2D eigenvalue weighted by Crippen LogP contribution is 2.33. The summed E-state index contributed by atoms with van der Waals surface area (Å²) in [5.74, 6) is -0.478. The molecule has 0 aliphatic carbocycles. The molecule has 0 radical (unpaired) electrons. The minimum absolute atomic E-state index is 0.0283. The Kier molecular flexibility index (Phi) is 6.35. The molecule has 9 heteroatoms. The Balaban J connectivity index is 1.54. The molecule has 1 heterocycles. The number of aryl methyl sites for hydroxylation is 2. The van der Waals surface area contributed by atoms with E-state index in [-0.39, 0.29) is 28.0 Å². The van der Waals surface area contributed by atoms with E-state index < -0.39 is 11.7 Å². The molecule has 0 aliphatic heterocycles. The van der Waals surface area contributed by atoms with Crippen LogP contribution in [0.3, 0.4) is 0 Å². The van der Waals surface area contributed by atoms with Crippen molar-refractivity contribution in [2.24, 2.45) is 0 Å². The number of anilines is 1. The number of nitrogens with zero attached hydrogens (tertiary/aromatic N) is 2. The standard InChI is InChI=1S/C24H18Cl2FN3O3/c1-13-9-16(30-14(2)28-21-6-4-3-5-17(21)24(30)32)7-8-20(13)29-22(31)12-33-23-18(25)10-15(27)11-19(23)26/h3-11H,12H2,1-2H3,(H,29,31). The summed E-state index contributed by atoms with van der Waals surface area (Å²) in [5.41, 5.74) is 2.38. The molecule has 3 aromatic carbocycles. The van der Waals surface area contributed by atoms with Gasteiger partial charge in [-0.3, -0.25) is 14.2 Å². The summed E-state index contributed by atoms with van der Waals surface area (Å²) in [5, 5.41) is 3.20. The number of nitrogens with one attached hydrogen (secondary N) is 1. The SMILES string of the molecule is Cc1cc(-n2c(C)nc3ccccc3c2=O)ccc1NC(=O)COc1c(Cl)cc(F)cc1Cl. The number of rotatable bonds is 5. The van der Waals surface area contributed by atoms with E-state index in [0.717, 1.165) is 17.7 Å². The van der Waals surface area contributed by atoms with Gasteiger partial charge in [-0.05, 0) is 61.9 Å². The van der Waals surface area contributed by atoms with Gasteiger partial charge in [0, 0.05) is 5.69 Å². The van der Waals surface area contributed by atoms with E-state index in [4.69, 9.17) is 27.9 Å². The molecule has 0 saturated carbocycles. The molecule has 0 bridgehead atoms. The Morgan fingerprint density at radius 3 is 2.48 bits per heavy atom. The Hall–Kier alpha value is -3.42. The molecule has 1 N–H and O–H groups in total. The zero-order valence-corrected chi connectivity index (χ0v) is 19.2. The lowest BCUT2D eigenvalue weighted by atomic mass is 10.1. The highest BCUT2D eigenvalue weighted by atomic mass is 35.5. The maximum Gasteiger partial charge on any atom is 0.265 e. The van der Waals surface area contributed by atoms with Crippen LogP contribution in [0.1, 0.15) is 11.4 Å². The fourth-order valence-electron chi connectivity index (χ4n) is 3.47. The number of fused-ring (bicyclic) bond motifs is 1. The van der Waals surface area contributed by atoms with E-state index in [1.807, 2.05) is 13.0 Å². The van der Waals surface area contributed by atoms with Gasteiger partial charge in [-0.2, -0.15) is 0 Å². The van der Waals surface area contributed by atoms with Crippen molar-refractivity contribution in [1.82, 2.24) is 9.55 Å². The molecule has 4 aromatic rings. The molecule has 0 spiro atoms. The summed E-state index contributed by atoms with van der Waals surface area (Å²) in [4.78, 5) is 29.9. The lowest BCUT2D eigenvalue weighted by Gasteiger charge is -2.14. The molecule has 0 unspecified atom stereocenters. The average molecular weight is 486 g/mol. The van der Waals surface area contributed by atoms with Crippen molar-refractivity contribution in [3.8, 4) is 11.4 Å². The van der Waals surface area contributed by atoms with Gasteiger partial charge < -0.3 is 10.1 Å². The number of aromatic nitrogens is 2. The molecule has 0 atom stereocenters. The van der Waals surface area contributed by atoms with Gasteiger partial charge in [-0.25, -0.2) is 9.37 Å². The second kappa shape index (κ2) is 9.21. The van der Waals surface area contributed by atoms with Crippen LogP contribution < -0.4 is 15.6 Å².